The maximum atomic E-state index is 9.75. The Hall–Kier alpha value is 0.951. The van der Waals surface area contributed by atoms with Gasteiger partial charge in [0.2, 0.25) is 0 Å². The van der Waals surface area contributed by atoms with Crippen molar-refractivity contribution >= 4 is 21.8 Å². The molecule has 0 aliphatic heterocycles. The Morgan fingerprint density at radius 3 is 0.818 bits per heavy atom. The molecular weight excluding hydrogens is 376 g/mol. The summed E-state index contributed by atoms with van der Waals surface area (Å²) >= 11 is 0. The zero-order chi connectivity index (χ0) is 17.2. The maximum Gasteiger partial charge on any atom is 1.00 e. The van der Waals surface area contributed by atoms with Crippen molar-refractivity contribution in [3.8, 4) is 0 Å². The minimum atomic E-state index is -6.00. The third-order valence-electron chi connectivity index (χ3n) is 0.955. The van der Waals surface area contributed by atoms with E-state index in [0.29, 0.717) is 12.5 Å². The molecule has 0 aromatic rings. The Kier molecular flexibility index (Phi) is 24.1. The van der Waals surface area contributed by atoms with Crippen molar-refractivity contribution in [3.63, 3.8) is 0 Å². The average Bonchev–Trinajstić information content (AvgIpc) is 2.74. The van der Waals surface area contributed by atoms with E-state index in [0.717, 1.165) is 0 Å². The Bertz CT molecular complexity index is 186. The first kappa shape index (κ1) is 34.3. The molecule has 1 N–H and O–H groups in total. The molecule has 1 aliphatic rings. The van der Waals surface area contributed by atoms with E-state index in [1.807, 2.05) is 0 Å². The number of rotatable bonds is 1. The molecule has 22 heavy (non-hydrogen) atoms. The summed E-state index contributed by atoms with van der Waals surface area (Å²) in [6.07, 6.45) is 2.52. The van der Waals surface area contributed by atoms with Gasteiger partial charge in [-0.15, -0.1) is 0 Å². The number of aliphatic hydroxyl groups is 1. The molecule has 0 heterocycles. The Morgan fingerprint density at radius 2 is 0.818 bits per heavy atom. The molecular formula is C5H13B3F12KO-3. The number of aliphatic hydroxyl groups excluding tert-OH is 1. The van der Waals surface area contributed by atoms with Gasteiger partial charge in [-0.05, 0) is 18.8 Å². The molecule has 1 aliphatic carbocycles. The van der Waals surface area contributed by atoms with Crippen LogP contribution in [0.2, 0.25) is 0 Å². The smallest absolute Gasteiger partial charge is 1.00 e. The molecule has 0 atom stereocenters. The van der Waals surface area contributed by atoms with Crippen LogP contribution in [0.3, 0.4) is 0 Å². The van der Waals surface area contributed by atoms with Crippen LogP contribution in [-0.4, -0.2) is 33.5 Å². The van der Waals surface area contributed by atoms with Crippen LogP contribution in [0.4, 0.5) is 51.8 Å². The summed E-state index contributed by atoms with van der Waals surface area (Å²) in [7, 11) is -18.0. The molecule has 0 amide bonds. The van der Waals surface area contributed by atoms with Crippen LogP contribution in [0.1, 0.15) is 21.7 Å². The van der Waals surface area contributed by atoms with Gasteiger partial charge in [-0.1, -0.05) is 7.43 Å². The van der Waals surface area contributed by atoms with E-state index in [2.05, 4.69) is 0 Å². The average molecular weight is 389 g/mol. The standard InChI is InChI=1S/C4H8O.CH4.3BF4.K.H/c5-3-4-1-2-4;;3*2-1(3,4)5;;/h4-5H,1-3H2;1H4;;;;;/q;;3*-1;+1;-1. The Labute approximate surface area is 163 Å². The summed E-state index contributed by atoms with van der Waals surface area (Å²) in [6.45, 7) is 0.417. The molecule has 0 spiro atoms. The third kappa shape index (κ3) is 235. The predicted octanol–water partition coefficient (Wildman–Crippen LogP) is 2.04. The summed E-state index contributed by atoms with van der Waals surface area (Å²) in [4.78, 5) is 0. The summed E-state index contributed by atoms with van der Waals surface area (Å²) < 4.78 is 117. The number of hydrogen-bond acceptors (Lipinski definition) is 1. The molecule has 0 aromatic heterocycles. The fraction of sp³-hybridized carbons (Fsp3) is 1.00. The minimum Gasteiger partial charge on any atom is -1.00 e. The van der Waals surface area contributed by atoms with Gasteiger partial charge >= 0.3 is 73.1 Å². The van der Waals surface area contributed by atoms with Crippen LogP contribution in [0, 0.1) is 5.92 Å². The molecule has 0 radical (unpaired) electrons. The van der Waals surface area contributed by atoms with E-state index in [1.165, 1.54) is 12.8 Å². The second-order valence-electron chi connectivity index (χ2n) is 3.11. The van der Waals surface area contributed by atoms with Crippen molar-refractivity contribution in [3.05, 3.63) is 0 Å². The van der Waals surface area contributed by atoms with Gasteiger partial charge in [0, 0.05) is 6.61 Å². The Morgan fingerprint density at radius 1 is 0.682 bits per heavy atom. The van der Waals surface area contributed by atoms with Crippen LogP contribution in [-0.2, 0) is 0 Å². The van der Waals surface area contributed by atoms with E-state index in [4.69, 9.17) is 5.11 Å². The second-order valence-corrected chi connectivity index (χ2v) is 3.11. The topological polar surface area (TPSA) is 20.2 Å². The molecule has 0 saturated heterocycles. The molecule has 1 nitrogen and oxygen atoms in total. The summed E-state index contributed by atoms with van der Waals surface area (Å²) in [6, 6.07) is 0. The molecule has 1 saturated carbocycles. The van der Waals surface area contributed by atoms with Gasteiger partial charge in [0.1, 0.15) is 0 Å². The third-order valence-corrected chi connectivity index (χ3v) is 0.955. The van der Waals surface area contributed by atoms with Crippen molar-refractivity contribution in [2.75, 3.05) is 6.61 Å². The van der Waals surface area contributed by atoms with Gasteiger partial charge < -0.3 is 58.3 Å². The van der Waals surface area contributed by atoms with E-state index in [9.17, 15) is 51.8 Å². The predicted molar refractivity (Wildman–Crippen MR) is 58.2 cm³/mol. The van der Waals surface area contributed by atoms with E-state index in [-0.39, 0.29) is 60.2 Å². The second kappa shape index (κ2) is 15.5. The minimum absolute atomic E-state index is 0. The van der Waals surface area contributed by atoms with Gasteiger partial charge in [-0.25, -0.2) is 0 Å². The first-order valence-electron chi connectivity index (χ1n) is 4.66. The van der Waals surface area contributed by atoms with Gasteiger partial charge in [-0.3, -0.25) is 0 Å². The normalized spacial score (nSPS) is 13.5. The monoisotopic (exact) mass is 389 g/mol. The zero-order valence-corrected chi connectivity index (χ0v) is 13.5. The van der Waals surface area contributed by atoms with Gasteiger partial charge in [0.05, 0.1) is 0 Å². The van der Waals surface area contributed by atoms with Crippen molar-refractivity contribution in [2.24, 2.45) is 5.92 Å². The molecule has 0 bridgehead atoms. The fourth-order valence-corrected chi connectivity index (χ4v) is 0.300. The van der Waals surface area contributed by atoms with Gasteiger partial charge in [-0.2, -0.15) is 0 Å². The molecule has 0 aromatic carbocycles. The SMILES string of the molecule is C.F[B-](F)(F)F.F[B-](F)(F)F.F[B-](F)(F)F.OCC1CC1.[H-].[K+]. The van der Waals surface area contributed by atoms with Crippen molar-refractivity contribution in [1.82, 2.24) is 0 Å². The summed E-state index contributed by atoms with van der Waals surface area (Å²) in [5, 5.41) is 8.21. The van der Waals surface area contributed by atoms with Crippen LogP contribution in [0.5, 0.6) is 0 Å². The van der Waals surface area contributed by atoms with Crippen LogP contribution in [0.25, 0.3) is 0 Å². The Balaban J connectivity index is -0.0000000401. The molecule has 17 heteroatoms. The van der Waals surface area contributed by atoms with Crippen LogP contribution >= 0.6 is 0 Å². The van der Waals surface area contributed by atoms with Gasteiger partial charge in [0.15, 0.2) is 0 Å². The zero-order valence-electron chi connectivity index (χ0n) is 11.4. The van der Waals surface area contributed by atoms with Crippen LogP contribution < -0.4 is 51.4 Å². The number of hydrogen-bond donors (Lipinski definition) is 1. The summed E-state index contributed by atoms with van der Waals surface area (Å²) in [5.74, 6) is 0.690. The van der Waals surface area contributed by atoms with E-state index in [1.54, 1.807) is 0 Å². The first-order chi connectivity index (χ1) is 8.43. The number of halogens is 12. The molecule has 1 fully saturated rings. The van der Waals surface area contributed by atoms with E-state index < -0.39 is 21.8 Å². The van der Waals surface area contributed by atoms with Gasteiger partial charge in [0.25, 0.3) is 0 Å². The largest absolute Gasteiger partial charge is 1.00 e. The van der Waals surface area contributed by atoms with Crippen LogP contribution in [0.15, 0.2) is 0 Å². The molecule has 0 unspecified atom stereocenters. The first-order valence-corrected chi connectivity index (χ1v) is 4.66. The fourth-order valence-electron chi connectivity index (χ4n) is 0.300. The maximum absolute atomic E-state index is 9.75. The van der Waals surface area contributed by atoms with Crippen molar-refractivity contribution in [2.45, 2.75) is 20.3 Å². The van der Waals surface area contributed by atoms with Crippen molar-refractivity contribution in [1.29, 1.82) is 0 Å². The summed E-state index contributed by atoms with van der Waals surface area (Å²) in [5.41, 5.74) is 0. The van der Waals surface area contributed by atoms with E-state index >= 15 is 0 Å². The molecule has 136 valence electrons. The molecule has 1 rings (SSSR count). The van der Waals surface area contributed by atoms with Crippen molar-refractivity contribution < 1.29 is 110 Å². The quantitative estimate of drug-likeness (QED) is 0.538.